The van der Waals surface area contributed by atoms with Gasteiger partial charge in [0.1, 0.15) is 6.54 Å². The molecule has 0 bridgehead atoms. The molecule has 0 saturated heterocycles. The zero-order valence-corrected chi connectivity index (χ0v) is 8.92. The van der Waals surface area contributed by atoms with Crippen LogP contribution in [0.4, 0.5) is 18.0 Å². The van der Waals surface area contributed by atoms with Gasteiger partial charge in [-0.25, -0.2) is 4.79 Å². The molecule has 4 nitrogen and oxygen atoms in total. The van der Waals surface area contributed by atoms with Crippen LogP contribution < -0.4 is 5.32 Å². The Morgan fingerprint density at radius 2 is 2.06 bits per heavy atom. The molecule has 2 amide bonds. The molecule has 0 aromatic rings. The minimum atomic E-state index is -4.39. The van der Waals surface area contributed by atoms with Crippen LogP contribution in [0, 0.1) is 5.92 Å². The molecular formula is C9H15F3N2O2. The number of rotatable bonds is 3. The lowest BCUT2D eigenvalue weighted by molar-refractivity contribution is -0.123. The number of halogens is 3. The third-order valence-electron chi connectivity index (χ3n) is 2.53. The Morgan fingerprint density at radius 3 is 2.50 bits per heavy atom. The summed E-state index contributed by atoms with van der Waals surface area (Å²) in [5, 5.41) is 10.8. The van der Waals surface area contributed by atoms with E-state index in [4.69, 9.17) is 5.11 Å². The first-order valence-corrected chi connectivity index (χ1v) is 5.01. The van der Waals surface area contributed by atoms with Crippen LogP contribution in [0.25, 0.3) is 0 Å². The Balaban J connectivity index is 2.20. The van der Waals surface area contributed by atoms with Crippen molar-refractivity contribution in [3.05, 3.63) is 0 Å². The number of alkyl halides is 3. The molecule has 1 saturated carbocycles. The Kier molecular flexibility index (Phi) is 4.01. The van der Waals surface area contributed by atoms with E-state index in [-0.39, 0.29) is 12.0 Å². The average Bonchev–Trinajstić information content (AvgIpc) is 2.10. The lowest BCUT2D eigenvalue weighted by Gasteiger charge is -2.34. The number of carbonyl (C=O) groups excluding carboxylic acids is 1. The van der Waals surface area contributed by atoms with Gasteiger partial charge >= 0.3 is 12.2 Å². The molecule has 16 heavy (non-hydrogen) atoms. The molecule has 1 aliphatic carbocycles. The van der Waals surface area contributed by atoms with Gasteiger partial charge in [0.05, 0.1) is 6.10 Å². The Hall–Kier alpha value is -0.980. The molecular weight excluding hydrogens is 225 g/mol. The summed E-state index contributed by atoms with van der Waals surface area (Å²) in [5.74, 6) is 0.191. The molecule has 0 spiro atoms. The summed E-state index contributed by atoms with van der Waals surface area (Å²) in [6.07, 6.45) is -3.49. The van der Waals surface area contributed by atoms with E-state index in [1.54, 1.807) is 5.32 Å². The highest BCUT2D eigenvalue weighted by Crippen LogP contribution is 2.27. The summed E-state index contributed by atoms with van der Waals surface area (Å²) in [4.78, 5) is 12.4. The summed E-state index contributed by atoms with van der Waals surface area (Å²) in [6.45, 7) is -0.940. The van der Waals surface area contributed by atoms with Gasteiger partial charge < -0.3 is 15.3 Å². The molecule has 7 heteroatoms. The Labute approximate surface area is 91.4 Å². The zero-order valence-electron chi connectivity index (χ0n) is 8.92. The number of carbonyl (C=O) groups is 1. The fraction of sp³-hybridized carbons (Fsp3) is 0.889. The van der Waals surface area contributed by atoms with E-state index >= 15 is 0 Å². The highest BCUT2D eigenvalue weighted by Gasteiger charge is 2.31. The van der Waals surface area contributed by atoms with Gasteiger partial charge in [0.15, 0.2) is 0 Å². The minimum Gasteiger partial charge on any atom is -0.393 e. The van der Waals surface area contributed by atoms with Gasteiger partial charge in [-0.05, 0) is 18.8 Å². The summed E-state index contributed by atoms with van der Waals surface area (Å²) >= 11 is 0. The number of aliphatic hydroxyl groups excluding tert-OH is 1. The van der Waals surface area contributed by atoms with Crippen molar-refractivity contribution in [2.45, 2.75) is 25.1 Å². The second-order valence-electron chi connectivity index (χ2n) is 4.15. The third-order valence-corrected chi connectivity index (χ3v) is 2.53. The van der Waals surface area contributed by atoms with Gasteiger partial charge in [0.25, 0.3) is 0 Å². The monoisotopic (exact) mass is 240 g/mol. The van der Waals surface area contributed by atoms with Gasteiger partial charge in [0, 0.05) is 13.6 Å². The summed E-state index contributed by atoms with van der Waals surface area (Å²) in [6, 6.07) is -0.737. The normalized spacial score (nSPS) is 24.8. The molecule has 1 fully saturated rings. The first kappa shape index (κ1) is 13.1. The van der Waals surface area contributed by atoms with Crippen molar-refractivity contribution < 1.29 is 23.1 Å². The molecule has 1 aliphatic rings. The van der Waals surface area contributed by atoms with Crippen LogP contribution in [0.5, 0.6) is 0 Å². The van der Waals surface area contributed by atoms with Crippen LogP contribution >= 0.6 is 0 Å². The molecule has 0 aliphatic heterocycles. The molecule has 1 rings (SSSR count). The van der Waals surface area contributed by atoms with E-state index in [9.17, 15) is 18.0 Å². The van der Waals surface area contributed by atoms with E-state index in [1.165, 1.54) is 11.9 Å². The molecule has 0 aromatic heterocycles. The van der Waals surface area contributed by atoms with Crippen molar-refractivity contribution in [3.8, 4) is 0 Å². The molecule has 0 heterocycles. The quantitative estimate of drug-likeness (QED) is 0.772. The summed E-state index contributed by atoms with van der Waals surface area (Å²) in [5.41, 5.74) is 0. The van der Waals surface area contributed by atoms with Crippen LogP contribution in [0.2, 0.25) is 0 Å². The van der Waals surface area contributed by atoms with Crippen molar-refractivity contribution in [2.24, 2.45) is 5.92 Å². The highest BCUT2D eigenvalue weighted by atomic mass is 19.4. The van der Waals surface area contributed by atoms with E-state index in [0.717, 1.165) is 0 Å². The van der Waals surface area contributed by atoms with Crippen molar-refractivity contribution >= 4 is 6.03 Å². The molecule has 0 unspecified atom stereocenters. The number of amides is 2. The van der Waals surface area contributed by atoms with Crippen LogP contribution in [-0.4, -0.2) is 48.5 Å². The van der Waals surface area contributed by atoms with E-state index in [1.807, 2.05) is 0 Å². The SMILES string of the molecule is CN(CC1CC(O)C1)C(=O)NCC(F)(F)F. The first-order valence-electron chi connectivity index (χ1n) is 5.01. The molecule has 94 valence electrons. The first-order chi connectivity index (χ1) is 7.28. The predicted octanol–water partition coefficient (Wildman–Crippen LogP) is 0.961. The van der Waals surface area contributed by atoms with Gasteiger partial charge in [-0.3, -0.25) is 0 Å². The molecule has 0 atom stereocenters. The number of hydrogen-bond acceptors (Lipinski definition) is 2. The van der Waals surface area contributed by atoms with E-state index < -0.39 is 18.8 Å². The lowest BCUT2D eigenvalue weighted by atomic mass is 9.82. The molecule has 2 N–H and O–H groups in total. The van der Waals surface area contributed by atoms with Crippen molar-refractivity contribution in [1.82, 2.24) is 10.2 Å². The van der Waals surface area contributed by atoms with Gasteiger partial charge in [0.2, 0.25) is 0 Å². The molecule has 0 aromatic carbocycles. The number of urea groups is 1. The maximum Gasteiger partial charge on any atom is 0.405 e. The fourth-order valence-corrected chi connectivity index (χ4v) is 1.63. The number of nitrogens with one attached hydrogen (secondary N) is 1. The second-order valence-corrected chi connectivity index (χ2v) is 4.15. The van der Waals surface area contributed by atoms with Crippen LogP contribution in [0.1, 0.15) is 12.8 Å². The van der Waals surface area contributed by atoms with E-state index in [2.05, 4.69) is 0 Å². The second kappa shape index (κ2) is 4.90. The topological polar surface area (TPSA) is 52.6 Å². The number of hydrogen-bond donors (Lipinski definition) is 2. The summed E-state index contributed by atoms with van der Waals surface area (Å²) < 4.78 is 35.4. The van der Waals surface area contributed by atoms with Crippen molar-refractivity contribution in [3.63, 3.8) is 0 Å². The van der Waals surface area contributed by atoms with Crippen LogP contribution in [-0.2, 0) is 0 Å². The van der Waals surface area contributed by atoms with Crippen LogP contribution in [0.3, 0.4) is 0 Å². The smallest absolute Gasteiger partial charge is 0.393 e. The molecule has 0 radical (unpaired) electrons. The zero-order chi connectivity index (χ0) is 12.3. The van der Waals surface area contributed by atoms with Gasteiger partial charge in [-0.2, -0.15) is 13.2 Å². The fourth-order valence-electron chi connectivity index (χ4n) is 1.63. The average molecular weight is 240 g/mol. The standard InChI is InChI=1S/C9H15F3N2O2/c1-14(4-6-2-7(15)3-6)8(16)13-5-9(10,11)12/h6-7,15H,2-5H2,1H3,(H,13,16). The van der Waals surface area contributed by atoms with Crippen LogP contribution in [0.15, 0.2) is 0 Å². The highest BCUT2D eigenvalue weighted by molar-refractivity contribution is 5.73. The number of aliphatic hydroxyl groups is 1. The van der Waals surface area contributed by atoms with Crippen molar-refractivity contribution in [2.75, 3.05) is 20.1 Å². The maximum absolute atomic E-state index is 11.8. The predicted molar refractivity (Wildman–Crippen MR) is 50.8 cm³/mol. The van der Waals surface area contributed by atoms with Crippen molar-refractivity contribution in [1.29, 1.82) is 0 Å². The Morgan fingerprint density at radius 1 is 1.50 bits per heavy atom. The Bertz CT molecular complexity index is 252. The number of nitrogens with zero attached hydrogens (tertiary/aromatic N) is 1. The minimum absolute atomic E-state index is 0.191. The largest absolute Gasteiger partial charge is 0.405 e. The maximum atomic E-state index is 11.8. The lowest BCUT2D eigenvalue weighted by Crippen LogP contribution is -2.45. The van der Waals surface area contributed by atoms with Gasteiger partial charge in [-0.1, -0.05) is 0 Å². The van der Waals surface area contributed by atoms with E-state index in [0.29, 0.717) is 19.4 Å². The van der Waals surface area contributed by atoms with Gasteiger partial charge in [-0.15, -0.1) is 0 Å². The third kappa shape index (κ3) is 4.26. The summed E-state index contributed by atoms with van der Waals surface area (Å²) in [7, 11) is 1.44.